The van der Waals surface area contributed by atoms with Crippen molar-refractivity contribution < 1.29 is 9.90 Å². The van der Waals surface area contributed by atoms with Crippen LogP contribution in [0.15, 0.2) is 60.7 Å². The largest absolute Gasteiger partial charge is 0.378 e. The Kier molecular flexibility index (Phi) is 6.35. The minimum atomic E-state index is -1.29. The van der Waals surface area contributed by atoms with Gasteiger partial charge in [0.1, 0.15) is 5.60 Å². The van der Waals surface area contributed by atoms with Crippen molar-refractivity contribution in [2.75, 3.05) is 18.6 Å². The highest BCUT2D eigenvalue weighted by atomic mass is 32.2. The Morgan fingerprint density at radius 1 is 1.19 bits per heavy atom. The van der Waals surface area contributed by atoms with Crippen molar-refractivity contribution in [1.29, 1.82) is 0 Å². The number of aliphatic hydroxyl groups is 1. The number of thioether (sulfide) groups is 1. The SMILES string of the molecule is CSC[C@H](NC(=O)[C@@H]1CCCN1)C(O)(c1ccccc1)c1ccccc1. The smallest absolute Gasteiger partial charge is 0.237 e. The summed E-state index contributed by atoms with van der Waals surface area (Å²) in [5.74, 6) is 0.575. The molecular weight excluding hydrogens is 344 g/mol. The van der Waals surface area contributed by atoms with Crippen LogP contribution >= 0.6 is 11.8 Å². The third kappa shape index (κ3) is 3.95. The van der Waals surface area contributed by atoms with Crippen LogP contribution in [0.3, 0.4) is 0 Å². The average molecular weight is 371 g/mol. The topological polar surface area (TPSA) is 61.4 Å². The van der Waals surface area contributed by atoms with Crippen molar-refractivity contribution in [2.24, 2.45) is 0 Å². The highest BCUT2D eigenvalue weighted by Crippen LogP contribution is 2.34. The fourth-order valence-corrected chi connectivity index (χ4v) is 4.23. The highest BCUT2D eigenvalue weighted by Gasteiger charge is 2.41. The molecule has 0 bridgehead atoms. The lowest BCUT2D eigenvalue weighted by Crippen LogP contribution is -2.56. The average Bonchev–Trinajstić information content (AvgIpc) is 3.23. The van der Waals surface area contributed by atoms with Gasteiger partial charge < -0.3 is 15.7 Å². The summed E-state index contributed by atoms with van der Waals surface area (Å²) < 4.78 is 0. The maximum atomic E-state index is 12.7. The minimum Gasteiger partial charge on any atom is -0.378 e. The lowest BCUT2D eigenvalue weighted by molar-refractivity contribution is -0.125. The number of amides is 1. The zero-order chi connectivity index (χ0) is 18.4. The molecule has 0 radical (unpaired) electrons. The van der Waals surface area contributed by atoms with E-state index in [-0.39, 0.29) is 11.9 Å². The van der Waals surface area contributed by atoms with Crippen LogP contribution in [0.25, 0.3) is 0 Å². The Bertz CT molecular complexity index is 663. The molecule has 2 aromatic rings. The maximum absolute atomic E-state index is 12.7. The van der Waals surface area contributed by atoms with E-state index in [0.29, 0.717) is 5.75 Å². The maximum Gasteiger partial charge on any atom is 0.237 e. The van der Waals surface area contributed by atoms with Crippen molar-refractivity contribution in [3.05, 3.63) is 71.8 Å². The van der Waals surface area contributed by atoms with E-state index in [9.17, 15) is 9.90 Å². The van der Waals surface area contributed by atoms with Crippen LogP contribution in [-0.2, 0) is 10.4 Å². The van der Waals surface area contributed by atoms with Gasteiger partial charge >= 0.3 is 0 Å². The molecule has 4 nitrogen and oxygen atoms in total. The summed E-state index contributed by atoms with van der Waals surface area (Å²) in [4.78, 5) is 12.7. The summed E-state index contributed by atoms with van der Waals surface area (Å²) in [7, 11) is 0. The molecular formula is C21H26N2O2S. The third-order valence-corrected chi connectivity index (χ3v) is 5.63. The molecule has 1 fully saturated rings. The predicted molar refractivity (Wildman–Crippen MR) is 107 cm³/mol. The van der Waals surface area contributed by atoms with Gasteiger partial charge in [0.05, 0.1) is 12.1 Å². The van der Waals surface area contributed by atoms with E-state index < -0.39 is 11.6 Å². The number of carbonyl (C=O) groups is 1. The number of nitrogens with one attached hydrogen (secondary N) is 2. The lowest BCUT2D eigenvalue weighted by Gasteiger charge is -2.38. The molecule has 1 saturated heterocycles. The summed E-state index contributed by atoms with van der Waals surface area (Å²) in [6.45, 7) is 0.868. The second kappa shape index (κ2) is 8.71. The quantitative estimate of drug-likeness (QED) is 0.701. The van der Waals surface area contributed by atoms with E-state index in [2.05, 4.69) is 10.6 Å². The molecule has 26 heavy (non-hydrogen) atoms. The molecule has 1 aliphatic heterocycles. The first-order valence-electron chi connectivity index (χ1n) is 9.02. The molecule has 1 heterocycles. The standard InChI is InChI=1S/C21H26N2O2S/c1-26-15-19(23-20(24)18-13-8-14-22-18)21(25,16-9-4-2-5-10-16)17-11-6-3-7-12-17/h2-7,9-12,18-19,22,25H,8,13-15H2,1H3,(H,23,24)/t18-,19-/m0/s1. The van der Waals surface area contributed by atoms with Crippen LogP contribution in [0.5, 0.6) is 0 Å². The van der Waals surface area contributed by atoms with E-state index in [0.717, 1.165) is 30.5 Å². The van der Waals surface area contributed by atoms with Gasteiger partial charge in [0.15, 0.2) is 0 Å². The Balaban J connectivity index is 1.98. The van der Waals surface area contributed by atoms with E-state index >= 15 is 0 Å². The molecule has 1 amide bonds. The van der Waals surface area contributed by atoms with Gasteiger partial charge in [0.25, 0.3) is 0 Å². The fourth-order valence-electron chi connectivity index (χ4n) is 3.57. The first kappa shape index (κ1) is 19.0. The monoisotopic (exact) mass is 370 g/mol. The Hall–Kier alpha value is -1.82. The van der Waals surface area contributed by atoms with Gasteiger partial charge in [-0.25, -0.2) is 0 Å². The van der Waals surface area contributed by atoms with Gasteiger partial charge in [-0.3, -0.25) is 4.79 Å². The molecule has 138 valence electrons. The lowest BCUT2D eigenvalue weighted by atomic mass is 9.80. The van der Waals surface area contributed by atoms with Crippen LogP contribution in [0, 0.1) is 0 Å². The molecule has 2 atom stereocenters. The molecule has 0 aromatic heterocycles. The van der Waals surface area contributed by atoms with E-state index in [1.54, 1.807) is 11.8 Å². The van der Waals surface area contributed by atoms with Gasteiger partial charge in [0.2, 0.25) is 5.91 Å². The number of rotatable bonds is 7. The second-order valence-corrected chi connectivity index (χ2v) is 7.57. The van der Waals surface area contributed by atoms with Gasteiger partial charge in [0, 0.05) is 5.75 Å². The predicted octanol–water partition coefficient (Wildman–Crippen LogP) is 2.52. The van der Waals surface area contributed by atoms with Crippen LogP contribution in [-0.4, -0.2) is 41.7 Å². The molecule has 0 spiro atoms. The molecule has 0 aliphatic carbocycles. The molecule has 2 aromatic carbocycles. The number of benzene rings is 2. The second-order valence-electron chi connectivity index (χ2n) is 6.66. The van der Waals surface area contributed by atoms with Gasteiger partial charge in [-0.2, -0.15) is 11.8 Å². The normalized spacial score (nSPS) is 18.5. The Labute approximate surface area is 159 Å². The van der Waals surface area contributed by atoms with E-state index in [1.807, 2.05) is 66.9 Å². The zero-order valence-electron chi connectivity index (χ0n) is 15.0. The minimum absolute atomic E-state index is 0.0353. The summed E-state index contributed by atoms with van der Waals surface area (Å²) in [5.41, 5.74) is 0.273. The van der Waals surface area contributed by atoms with E-state index in [4.69, 9.17) is 0 Å². The molecule has 3 N–H and O–H groups in total. The van der Waals surface area contributed by atoms with Crippen LogP contribution < -0.4 is 10.6 Å². The molecule has 3 rings (SSSR count). The molecule has 5 heteroatoms. The van der Waals surface area contributed by atoms with Crippen LogP contribution in [0.4, 0.5) is 0 Å². The third-order valence-electron chi connectivity index (χ3n) is 4.96. The van der Waals surface area contributed by atoms with E-state index in [1.165, 1.54) is 0 Å². The van der Waals surface area contributed by atoms with Crippen molar-refractivity contribution in [1.82, 2.24) is 10.6 Å². The van der Waals surface area contributed by atoms with Gasteiger partial charge in [-0.05, 0) is 36.8 Å². The van der Waals surface area contributed by atoms with Gasteiger partial charge in [-0.15, -0.1) is 0 Å². The molecule has 0 saturated carbocycles. The summed E-state index contributed by atoms with van der Waals surface area (Å²) >= 11 is 1.62. The summed E-state index contributed by atoms with van der Waals surface area (Å²) in [6, 6.07) is 18.6. The highest BCUT2D eigenvalue weighted by molar-refractivity contribution is 7.98. The first-order valence-corrected chi connectivity index (χ1v) is 10.4. The van der Waals surface area contributed by atoms with Crippen LogP contribution in [0.1, 0.15) is 24.0 Å². The Morgan fingerprint density at radius 2 is 1.77 bits per heavy atom. The van der Waals surface area contributed by atoms with Crippen molar-refractivity contribution in [3.8, 4) is 0 Å². The molecule has 1 aliphatic rings. The zero-order valence-corrected chi connectivity index (χ0v) is 15.8. The molecule has 0 unspecified atom stereocenters. The fraction of sp³-hybridized carbons (Fsp3) is 0.381. The number of carbonyl (C=O) groups excluding carboxylic acids is 1. The number of hydrogen-bond donors (Lipinski definition) is 3. The van der Waals surface area contributed by atoms with Gasteiger partial charge in [-0.1, -0.05) is 60.7 Å². The van der Waals surface area contributed by atoms with Crippen molar-refractivity contribution >= 4 is 17.7 Å². The summed E-state index contributed by atoms with van der Waals surface area (Å²) in [6.07, 6.45) is 3.84. The number of hydrogen-bond acceptors (Lipinski definition) is 4. The first-order chi connectivity index (χ1) is 12.7. The summed E-state index contributed by atoms with van der Waals surface area (Å²) in [5, 5.41) is 18.2. The van der Waals surface area contributed by atoms with Crippen molar-refractivity contribution in [3.63, 3.8) is 0 Å². The Morgan fingerprint density at radius 3 is 2.23 bits per heavy atom. The van der Waals surface area contributed by atoms with Crippen molar-refractivity contribution in [2.45, 2.75) is 30.5 Å². The van der Waals surface area contributed by atoms with Crippen LogP contribution in [0.2, 0.25) is 0 Å².